The number of hydrogen-bond acceptors (Lipinski definition) is 7. The van der Waals surface area contributed by atoms with Crippen LogP contribution in [0.4, 0.5) is 10.5 Å². The zero-order chi connectivity index (χ0) is 21.3. The van der Waals surface area contributed by atoms with E-state index in [1.165, 1.54) is 11.1 Å². The summed E-state index contributed by atoms with van der Waals surface area (Å²) in [5.74, 6) is 0.527. The first-order valence-electron chi connectivity index (χ1n) is 9.88. The highest BCUT2D eigenvalue weighted by Gasteiger charge is 2.21. The van der Waals surface area contributed by atoms with E-state index in [0.717, 1.165) is 61.3 Å². The van der Waals surface area contributed by atoms with Crippen LogP contribution in [0.25, 0.3) is 11.1 Å². The summed E-state index contributed by atoms with van der Waals surface area (Å²) in [5, 5.41) is 2.98. The third kappa shape index (κ3) is 7.01. The maximum Gasteiger partial charge on any atom is 0.344 e. The van der Waals surface area contributed by atoms with E-state index in [-0.39, 0.29) is 13.5 Å². The van der Waals surface area contributed by atoms with Crippen molar-refractivity contribution in [1.29, 1.82) is 0 Å². The smallest absolute Gasteiger partial charge is 0.344 e. The fourth-order valence-corrected chi connectivity index (χ4v) is 3.91. The van der Waals surface area contributed by atoms with Crippen molar-refractivity contribution in [2.75, 3.05) is 39.7 Å². The van der Waals surface area contributed by atoms with Gasteiger partial charge in [0.05, 0.1) is 12.8 Å². The Bertz CT molecular complexity index is 869. The van der Waals surface area contributed by atoms with Crippen molar-refractivity contribution < 1.29 is 18.6 Å². The SMILES string of the molecule is COCCCN(C)SONC(=O)Nc1c(-c2ccnc(OC)c2)ccc2c1CCC2.S. The second kappa shape index (κ2) is 12.8. The zero-order valence-electron chi connectivity index (χ0n) is 18.1. The van der Waals surface area contributed by atoms with E-state index in [1.54, 1.807) is 20.4 Å². The topological polar surface area (TPSA) is 85.0 Å². The molecule has 8 nitrogen and oxygen atoms in total. The quantitative estimate of drug-likeness (QED) is 0.237. The summed E-state index contributed by atoms with van der Waals surface area (Å²) in [4.78, 5) is 16.7. The van der Waals surface area contributed by atoms with Gasteiger partial charge in [-0.15, -0.1) is 0 Å². The predicted octanol–water partition coefficient (Wildman–Crippen LogP) is 3.94. The number of fused-ring (bicyclic) bond motifs is 1. The second-order valence-electron chi connectivity index (χ2n) is 6.98. The summed E-state index contributed by atoms with van der Waals surface area (Å²) < 4.78 is 17.4. The number of carbonyl (C=O) groups is 1. The van der Waals surface area contributed by atoms with E-state index in [2.05, 4.69) is 21.8 Å². The van der Waals surface area contributed by atoms with Crippen LogP contribution >= 0.6 is 25.7 Å². The first kappa shape index (κ1) is 25.3. The molecule has 170 valence electrons. The van der Waals surface area contributed by atoms with Gasteiger partial charge in [0.1, 0.15) is 12.2 Å². The number of ether oxygens (including phenoxy) is 2. The minimum Gasteiger partial charge on any atom is -0.481 e. The van der Waals surface area contributed by atoms with Crippen molar-refractivity contribution in [3.05, 3.63) is 41.6 Å². The van der Waals surface area contributed by atoms with Crippen LogP contribution in [-0.2, 0) is 21.9 Å². The van der Waals surface area contributed by atoms with Gasteiger partial charge in [0, 0.05) is 38.1 Å². The molecular weight excluding hydrogens is 436 g/mol. The molecule has 0 spiro atoms. The number of pyridine rings is 1. The van der Waals surface area contributed by atoms with Gasteiger partial charge in [-0.25, -0.2) is 19.6 Å². The van der Waals surface area contributed by atoms with E-state index in [9.17, 15) is 4.79 Å². The molecule has 0 saturated carbocycles. The number of amides is 2. The van der Waals surface area contributed by atoms with E-state index < -0.39 is 6.03 Å². The van der Waals surface area contributed by atoms with Gasteiger partial charge in [0.15, 0.2) is 0 Å². The number of benzene rings is 1. The van der Waals surface area contributed by atoms with E-state index in [0.29, 0.717) is 12.5 Å². The van der Waals surface area contributed by atoms with Gasteiger partial charge >= 0.3 is 6.03 Å². The minimum absolute atomic E-state index is 0. The highest BCUT2D eigenvalue weighted by Crippen LogP contribution is 2.38. The molecular formula is C21H30N4O4S2. The molecule has 2 aromatic rings. The van der Waals surface area contributed by atoms with Crippen LogP contribution in [0.15, 0.2) is 30.5 Å². The first-order valence-corrected chi connectivity index (χ1v) is 10.6. The van der Waals surface area contributed by atoms with Crippen molar-refractivity contribution in [3.63, 3.8) is 0 Å². The Balaban J connectivity index is 0.00000341. The molecule has 3 rings (SSSR count). The van der Waals surface area contributed by atoms with Crippen LogP contribution in [0.2, 0.25) is 0 Å². The molecule has 1 aromatic carbocycles. The predicted molar refractivity (Wildman–Crippen MR) is 129 cm³/mol. The lowest BCUT2D eigenvalue weighted by molar-refractivity contribution is 0.186. The zero-order valence-corrected chi connectivity index (χ0v) is 19.9. The van der Waals surface area contributed by atoms with Gasteiger partial charge in [-0.2, -0.15) is 17.8 Å². The Labute approximate surface area is 194 Å². The Morgan fingerprint density at radius 1 is 1.26 bits per heavy atom. The molecule has 1 aliphatic rings. The maximum atomic E-state index is 12.5. The van der Waals surface area contributed by atoms with E-state index in [4.69, 9.17) is 13.8 Å². The normalized spacial score (nSPS) is 12.3. The molecule has 0 bridgehead atoms. The van der Waals surface area contributed by atoms with Crippen molar-refractivity contribution in [3.8, 4) is 17.0 Å². The molecule has 1 aromatic heterocycles. The molecule has 10 heteroatoms. The number of carbonyl (C=O) groups excluding carboxylic acids is 1. The van der Waals surface area contributed by atoms with Gasteiger partial charge in [-0.3, -0.25) is 0 Å². The number of aromatic nitrogens is 1. The number of hydrogen-bond donors (Lipinski definition) is 2. The Hall–Kier alpha value is -1.98. The van der Waals surface area contributed by atoms with Crippen LogP contribution in [0.5, 0.6) is 5.88 Å². The first-order chi connectivity index (χ1) is 14.6. The van der Waals surface area contributed by atoms with Crippen LogP contribution in [0.3, 0.4) is 0 Å². The van der Waals surface area contributed by atoms with E-state index >= 15 is 0 Å². The van der Waals surface area contributed by atoms with Crippen molar-refractivity contribution in [1.82, 2.24) is 14.8 Å². The summed E-state index contributed by atoms with van der Waals surface area (Å²) in [6.07, 6.45) is 5.60. The summed E-state index contributed by atoms with van der Waals surface area (Å²) >= 11 is 1.08. The summed E-state index contributed by atoms with van der Waals surface area (Å²) in [5.41, 5.74) is 7.54. The number of methoxy groups -OCH3 is 2. The number of rotatable bonds is 10. The highest BCUT2D eigenvalue weighted by atomic mass is 32.2. The molecule has 0 aliphatic heterocycles. The van der Waals surface area contributed by atoms with Gasteiger partial charge in [0.2, 0.25) is 5.88 Å². The lowest BCUT2D eigenvalue weighted by Crippen LogP contribution is -2.29. The molecule has 0 atom stereocenters. The molecule has 2 amide bonds. The number of urea groups is 1. The fourth-order valence-electron chi connectivity index (χ4n) is 3.47. The number of nitrogens with zero attached hydrogens (tertiary/aromatic N) is 2. The summed E-state index contributed by atoms with van der Waals surface area (Å²) in [6, 6.07) is 7.52. The number of nitrogens with one attached hydrogen (secondary N) is 2. The number of hydroxylamine groups is 1. The molecule has 1 heterocycles. The Morgan fingerprint density at radius 3 is 2.87 bits per heavy atom. The molecule has 0 unspecified atom stereocenters. The van der Waals surface area contributed by atoms with Crippen molar-refractivity contribution in [2.24, 2.45) is 0 Å². The molecule has 0 fully saturated rings. The lowest BCUT2D eigenvalue weighted by atomic mass is 9.98. The van der Waals surface area contributed by atoms with Crippen LogP contribution in [-0.4, -0.2) is 49.7 Å². The van der Waals surface area contributed by atoms with Gasteiger partial charge in [0.25, 0.3) is 0 Å². The molecule has 0 radical (unpaired) electrons. The molecule has 0 saturated heterocycles. The average molecular weight is 467 g/mol. The lowest BCUT2D eigenvalue weighted by Gasteiger charge is -2.17. The van der Waals surface area contributed by atoms with Crippen LogP contribution in [0.1, 0.15) is 24.0 Å². The second-order valence-corrected chi connectivity index (χ2v) is 7.92. The number of aryl methyl sites for hydroxylation is 1. The van der Waals surface area contributed by atoms with Gasteiger partial charge in [-0.1, -0.05) is 12.1 Å². The van der Waals surface area contributed by atoms with Crippen molar-refractivity contribution >= 4 is 37.4 Å². The third-order valence-electron chi connectivity index (χ3n) is 4.90. The Kier molecular flexibility index (Phi) is 10.4. The monoisotopic (exact) mass is 466 g/mol. The standard InChI is InChI=1S/C21H28N4O4S.H2S/c1-25(12-5-13-27-2)30-29-24-21(26)23-20-17-7-4-6-15(17)8-9-18(20)16-10-11-22-19(14-16)28-3;/h8-11,14H,4-7,12-13H2,1-3H3,(H2,23,24,26);1H2. The summed E-state index contributed by atoms with van der Waals surface area (Å²) in [7, 11) is 5.15. The fraction of sp³-hybridized carbons (Fsp3) is 0.429. The molecule has 1 aliphatic carbocycles. The molecule has 31 heavy (non-hydrogen) atoms. The third-order valence-corrected chi connectivity index (χ3v) is 5.49. The van der Waals surface area contributed by atoms with Crippen LogP contribution < -0.4 is 15.5 Å². The van der Waals surface area contributed by atoms with Gasteiger partial charge in [-0.05, 0) is 55.5 Å². The maximum absolute atomic E-state index is 12.5. The largest absolute Gasteiger partial charge is 0.481 e. The average Bonchev–Trinajstić information content (AvgIpc) is 3.23. The van der Waals surface area contributed by atoms with Crippen molar-refractivity contribution in [2.45, 2.75) is 25.7 Å². The van der Waals surface area contributed by atoms with Crippen LogP contribution in [0, 0.1) is 0 Å². The Morgan fingerprint density at radius 2 is 2.10 bits per heavy atom. The summed E-state index contributed by atoms with van der Waals surface area (Å²) in [6.45, 7) is 1.46. The highest BCUT2D eigenvalue weighted by molar-refractivity contribution is 7.92. The minimum atomic E-state index is -0.421. The van der Waals surface area contributed by atoms with E-state index in [1.807, 2.05) is 29.6 Å². The molecule has 2 N–H and O–H groups in total. The van der Waals surface area contributed by atoms with Gasteiger partial charge < -0.3 is 14.8 Å². The number of anilines is 1.